The number of para-hydroxylation sites is 2. The van der Waals surface area contributed by atoms with E-state index >= 15 is 0 Å². The summed E-state index contributed by atoms with van der Waals surface area (Å²) in [5, 5.41) is 0. The molecule has 0 bridgehead atoms. The molecule has 1 aromatic heterocycles. The van der Waals surface area contributed by atoms with Gasteiger partial charge in [-0.25, -0.2) is 18.2 Å². The maximum atomic E-state index is 12.6. The summed E-state index contributed by atoms with van der Waals surface area (Å²) < 4.78 is 34.0. The summed E-state index contributed by atoms with van der Waals surface area (Å²) in [4.78, 5) is 30.3. The van der Waals surface area contributed by atoms with Gasteiger partial charge in [0.25, 0.3) is 5.91 Å². The SMILES string of the molecule is CC(C)CN(C(=O)COC(=O)/C=C/c1nc2ccccc2o1)[C@H]1CCS(=O)(=O)C1. The van der Waals surface area contributed by atoms with Crippen LogP contribution in [0.4, 0.5) is 0 Å². The topological polar surface area (TPSA) is 107 Å². The number of hydrogen-bond acceptors (Lipinski definition) is 7. The minimum Gasteiger partial charge on any atom is -0.452 e. The standard InChI is InChI=1S/C20H24N2O6S/c1-14(2)11-22(15-9-10-29(25,26)13-15)19(23)12-27-20(24)8-7-18-21-16-5-3-4-6-17(16)28-18/h3-8,14-15H,9-13H2,1-2H3/b8-7+/t15-/m0/s1. The van der Waals surface area contributed by atoms with E-state index in [0.717, 1.165) is 6.08 Å². The van der Waals surface area contributed by atoms with Crippen LogP contribution in [0.5, 0.6) is 0 Å². The third-order valence-electron chi connectivity index (χ3n) is 4.54. The summed E-state index contributed by atoms with van der Waals surface area (Å²) in [7, 11) is -3.12. The number of carbonyl (C=O) groups excluding carboxylic acids is 2. The molecule has 1 saturated heterocycles. The van der Waals surface area contributed by atoms with Gasteiger partial charge in [-0.1, -0.05) is 26.0 Å². The van der Waals surface area contributed by atoms with E-state index in [2.05, 4.69) is 4.98 Å². The van der Waals surface area contributed by atoms with Gasteiger partial charge in [-0.2, -0.15) is 0 Å². The van der Waals surface area contributed by atoms with E-state index in [9.17, 15) is 18.0 Å². The maximum Gasteiger partial charge on any atom is 0.331 e. The van der Waals surface area contributed by atoms with Crippen molar-refractivity contribution in [3.63, 3.8) is 0 Å². The molecule has 29 heavy (non-hydrogen) atoms. The number of benzene rings is 1. The Bertz CT molecular complexity index is 992. The molecule has 2 heterocycles. The maximum absolute atomic E-state index is 12.6. The predicted octanol–water partition coefficient (Wildman–Crippen LogP) is 2.06. The minimum atomic E-state index is -3.12. The van der Waals surface area contributed by atoms with Gasteiger partial charge in [0.15, 0.2) is 22.0 Å². The second kappa shape index (κ2) is 8.77. The number of ether oxygens (including phenoxy) is 1. The van der Waals surface area contributed by atoms with E-state index in [1.165, 1.54) is 11.0 Å². The number of amides is 1. The minimum absolute atomic E-state index is 0.0446. The largest absolute Gasteiger partial charge is 0.452 e. The molecule has 0 spiro atoms. The van der Waals surface area contributed by atoms with E-state index in [-0.39, 0.29) is 29.4 Å². The van der Waals surface area contributed by atoms with Gasteiger partial charge in [0.05, 0.1) is 11.5 Å². The molecule has 8 nitrogen and oxygen atoms in total. The molecule has 1 fully saturated rings. The number of fused-ring (bicyclic) bond motifs is 1. The van der Waals surface area contributed by atoms with Gasteiger partial charge < -0.3 is 14.1 Å². The highest BCUT2D eigenvalue weighted by Crippen LogP contribution is 2.19. The Morgan fingerprint density at radius 3 is 2.76 bits per heavy atom. The van der Waals surface area contributed by atoms with Crippen LogP contribution < -0.4 is 0 Å². The monoisotopic (exact) mass is 420 g/mol. The predicted molar refractivity (Wildman–Crippen MR) is 108 cm³/mol. The average molecular weight is 420 g/mol. The normalized spacial score (nSPS) is 18.5. The molecular formula is C20H24N2O6S. The van der Waals surface area contributed by atoms with E-state index in [0.29, 0.717) is 24.1 Å². The number of oxazole rings is 1. The van der Waals surface area contributed by atoms with Crippen molar-refractivity contribution in [3.8, 4) is 0 Å². The number of carbonyl (C=O) groups is 2. The molecule has 0 radical (unpaired) electrons. The molecule has 0 aliphatic carbocycles. The quantitative estimate of drug-likeness (QED) is 0.498. The molecule has 0 unspecified atom stereocenters. The van der Waals surface area contributed by atoms with Gasteiger partial charge >= 0.3 is 5.97 Å². The molecule has 1 aliphatic heterocycles. The summed E-state index contributed by atoms with van der Waals surface area (Å²) in [6, 6.07) is 6.84. The van der Waals surface area contributed by atoms with Gasteiger partial charge in [0.1, 0.15) is 5.52 Å². The molecule has 0 N–H and O–H groups in total. The van der Waals surface area contributed by atoms with Crippen molar-refractivity contribution < 1.29 is 27.2 Å². The summed E-state index contributed by atoms with van der Waals surface area (Å²) in [6.07, 6.45) is 2.93. The first kappa shape index (κ1) is 21.0. The Labute approximate surface area is 169 Å². The first-order chi connectivity index (χ1) is 13.7. The Morgan fingerprint density at radius 1 is 1.34 bits per heavy atom. The van der Waals surface area contributed by atoms with Crippen LogP contribution in [-0.4, -0.2) is 60.9 Å². The highest BCUT2D eigenvalue weighted by Gasteiger charge is 2.35. The highest BCUT2D eigenvalue weighted by molar-refractivity contribution is 7.91. The van der Waals surface area contributed by atoms with Gasteiger partial charge in [-0.15, -0.1) is 0 Å². The summed E-state index contributed by atoms with van der Waals surface area (Å²) in [5.74, 6) is -0.651. The first-order valence-corrected chi connectivity index (χ1v) is 11.3. The van der Waals surface area contributed by atoms with Crippen LogP contribution in [0.25, 0.3) is 17.2 Å². The summed E-state index contributed by atoms with van der Waals surface area (Å²) in [6.45, 7) is 3.85. The molecule has 2 aromatic rings. The highest BCUT2D eigenvalue weighted by atomic mass is 32.2. The van der Waals surface area contributed by atoms with E-state index < -0.39 is 28.3 Å². The average Bonchev–Trinajstić information content (AvgIpc) is 3.24. The summed E-state index contributed by atoms with van der Waals surface area (Å²) in [5.41, 5.74) is 1.28. The zero-order valence-corrected chi connectivity index (χ0v) is 17.2. The van der Waals surface area contributed by atoms with Crippen molar-refractivity contribution in [3.05, 3.63) is 36.2 Å². The number of nitrogens with zero attached hydrogens (tertiary/aromatic N) is 2. The summed E-state index contributed by atoms with van der Waals surface area (Å²) >= 11 is 0. The zero-order valence-electron chi connectivity index (χ0n) is 16.4. The van der Waals surface area contributed by atoms with E-state index in [1.54, 1.807) is 12.1 Å². The lowest BCUT2D eigenvalue weighted by Crippen LogP contribution is -2.45. The molecule has 156 valence electrons. The Balaban J connectivity index is 1.57. The Hall–Kier alpha value is -2.68. The van der Waals surface area contributed by atoms with E-state index in [4.69, 9.17) is 9.15 Å². The second-order valence-electron chi connectivity index (χ2n) is 7.46. The third kappa shape index (κ3) is 5.66. The fraction of sp³-hybridized carbons (Fsp3) is 0.450. The molecule has 1 aromatic carbocycles. The molecule has 1 atom stereocenters. The molecule has 1 aliphatic rings. The zero-order chi connectivity index (χ0) is 21.0. The molecule has 3 rings (SSSR count). The lowest BCUT2D eigenvalue weighted by Gasteiger charge is -2.29. The van der Waals surface area contributed by atoms with Crippen molar-refractivity contribution in [1.29, 1.82) is 0 Å². The number of rotatable bonds is 7. The van der Waals surface area contributed by atoms with Crippen molar-refractivity contribution in [2.24, 2.45) is 5.92 Å². The van der Waals surface area contributed by atoms with Gasteiger partial charge in [0.2, 0.25) is 5.89 Å². The molecule has 0 saturated carbocycles. The third-order valence-corrected chi connectivity index (χ3v) is 6.29. The number of esters is 1. The van der Waals surface area contributed by atoms with Crippen LogP contribution in [0.2, 0.25) is 0 Å². The lowest BCUT2D eigenvalue weighted by atomic mass is 10.1. The Morgan fingerprint density at radius 2 is 2.10 bits per heavy atom. The van der Waals surface area contributed by atoms with Crippen molar-refractivity contribution >= 4 is 38.9 Å². The first-order valence-electron chi connectivity index (χ1n) is 9.44. The Kier molecular flexibility index (Phi) is 6.36. The van der Waals surface area contributed by atoms with Crippen LogP contribution in [0.1, 0.15) is 26.2 Å². The number of hydrogen-bond donors (Lipinski definition) is 0. The fourth-order valence-corrected chi connectivity index (χ4v) is 4.96. The smallest absolute Gasteiger partial charge is 0.331 e. The number of sulfone groups is 1. The van der Waals surface area contributed by atoms with Gasteiger partial charge in [-0.05, 0) is 24.5 Å². The van der Waals surface area contributed by atoms with Crippen LogP contribution in [-0.2, 0) is 24.2 Å². The molecule has 9 heteroatoms. The van der Waals surface area contributed by atoms with Crippen LogP contribution in [0, 0.1) is 5.92 Å². The van der Waals surface area contributed by atoms with E-state index in [1.807, 2.05) is 26.0 Å². The van der Waals surface area contributed by atoms with Crippen molar-refractivity contribution in [1.82, 2.24) is 9.88 Å². The van der Waals surface area contributed by atoms with Crippen molar-refractivity contribution in [2.45, 2.75) is 26.3 Å². The molecular weight excluding hydrogens is 396 g/mol. The van der Waals surface area contributed by atoms with Gasteiger partial charge in [0, 0.05) is 24.7 Å². The van der Waals surface area contributed by atoms with Gasteiger partial charge in [-0.3, -0.25) is 4.79 Å². The van der Waals surface area contributed by atoms with Crippen molar-refractivity contribution in [2.75, 3.05) is 24.7 Å². The lowest BCUT2D eigenvalue weighted by molar-refractivity contribution is -0.149. The second-order valence-corrected chi connectivity index (χ2v) is 9.69. The van der Waals surface area contributed by atoms with Crippen LogP contribution in [0.15, 0.2) is 34.8 Å². The van der Waals surface area contributed by atoms with Crippen LogP contribution in [0.3, 0.4) is 0 Å². The molecule has 1 amide bonds. The fourth-order valence-electron chi connectivity index (χ4n) is 3.23. The number of aromatic nitrogens is 1. The van der Waals surface area contributed by atoms with Crippen LogP contribution >= 0.6 is 0 Å².